The van der Waals surface area contributed by atoms with Crippen LogP contribution in [0.5, 0.6) is 5.88 Å². The molecule has 27 heavy (non-hydrogen) atoms. The van der Waals surface area contributed by atoms with Gasteiger partial charge in [0, 0.05) is 24.8 Å². The lowest BCUT2D eigenvalue weighted by atomic mass is 9.86. The second-order valence-electron chi connectivity index (χ2n) is 8.44. The maximum atomic E-state index is 13.0. The van der Waals surface area contributed by atoms with Crippen LogP contribution < -0.4 is 4.74 Å². The number of ether oxygens (including phenoxy) is 1. The maximum absolute atomic E-state index is 13.0. The molecule has 0 bridgehead atoms. The van der Waals surface area contributed by atoms with Crippen LogP contribution in [-0.2, 0) is 11.8 Å². The number of carbonyl (C=O) groups is 1. The molecule has 2 heterocycles. The molecule has 0 N–H and O–H groups in total. The molecule has 1 amide bonds. The van der Waals surface area contributed by atoms with Gasteiger partial charge in [0.25, 0.3) is 5.91 Å². The average Bonchev–Trinajstić information content (AvgIpc) is 3.39. The first-order chi connectivity index (χ1) is 12.9. The van der Waals surface area contributed by atoms with Gasteiger partial charge in [-0.2, -0.15) is 0 Å². The van der Waals surface area contributed by atoms with E-state index in [9.17, 15) is 4.79 Å². The molecule has 0 aromatic carbocycles. The Morgan fingerprint density at radius 1 is 1.19 bits per heavy atom. The van der Waals surface area contributed by atoms with E-state index in [0.717, 1.165) is 53.9 Å². The molecule has 2 fully saturated rings. The highest BCUT2D eigenvalue weighted by molar-refractivity contribution is 5.86. The Labute approximate surface area is 160 Å². The summed E-state index contributed by atoms with van der Waals surface area (Å²) in [6.45, 7) is 6.38. The van der Waals surface area contributed by atoms with Crippen molar-refractivity contribution in [3.63, 3.8) is 0 Å². The second-order valence-corrected chi connectivity index (χ2v) is 8.44. The summed E-state index contributed by atoms with van der Waals surface area (Å²) in [7, 11) is 1.86. The molecular weight excluding hydrogens is 340 g/mol. The number of rotatable bonds is 5. The molecule has 0 saturated heterocycles. The Morgan fingerprint density at radius 2 is 1.81 bits per heavy atom. The summed E-state index contributed by atoms with van der Waals surface area (Å²) in [6, 6.07) is 2.83. The molecule has 2 saturated carbocycles. The van der Waals surface area contributed by atoms with Gasteiger partial charge in [-0.1, -0.05) is 6.92 Å². The highest BCUT2D eigenvalue weighted by Gasteiger charge is 2.38. The summed E-state index contributed by atoms with van der Waals surface area (Å²) in [5.74, 6) is 1.40. The zero-order valence-electron chi connectivity index (χ0n) is 16.9. The lowest BCUT2D eigenvalue weighted by Gasteiger charge is -2.36. The van der Waals surface area contributed by atoms with Crippen LogP contribution in [0.3, 0.4) is 0 Å². The number of fused-ring (bicyclic) bond motifs is 1. The fraction of sp³-hybridized carbons (Fsp3) is 0.667. The fourth-order valence-electron chi connectivity index (χ4n) is 4.43. The molecule has 4 rings (SSSR count). The zero-order chi connectivity index (χ0) is 19.1. The molecule has 6 heteroatoms. The van der Waals surface area contributed by atoms with Crippen LogP contribution in [0.1, 0.15) is 56.7 Å². The predicted octanol–water partition coefficient (Wildman–Crippen LogP) is 3.53. The first-order valence-electron chi connectivity index (χ1n) is 10.2. The molecule has 2 aromatic rings. The van der Waals surface area contributed by atoms with Crippen LogP contribution in [0, 0.1) is 19.8 Å². The van der Waals surface area contributed by atoms with Gasteiger partial charge in [-0.3, -0.25) is 4.79 Å². The standard InChI is InChI=1S/C21H30N4O2/c1-13-5-7-16(8-6-13)25(17-9-10-17)18(26)12-27-21-19-14(2)11-15(3)22-20(19)24(4)23-21/h11,13,16-17H,5-10,12H2,1-4H3. The van der Waals surface area contributed by atoms with Crippen LogP contribution in [0.4, 0.5) is 0 Å². The largest absolute Gasteiger partial charge is 0.466 e. The lowest BCUT2D eigenvalue weighted by Crippen LogP contribution is -2.45. The van der Waals surface area contributed by atoms with Crippen LogP contribution in [0.25, 0.3) is 11.0 Å². The summed E-state index contributed by atoms with van der Waals surface area (Å²) in [5.41, 5.74) is 2.83. The number of nitrogens with zero attached hydrogens (tertiary/aromatic N) is 4. The van der Waals surface area contributed by atoms with E-state index in [1.807, 2.05) is 27.0 Å². The summed E-state index contributed by atoms with van der Waals surface area (Å²) in [5, 5.41) is 5.37. The minimum Gasteiger partial charge on any atom is -0.466 e. The summed E-state index contributed by atoms with van der Waals surface area (Å²) < 4.78 is 7.66. The molecule has 0 radical (unpaired) electrons. The van der Waals surface area contributed by atoms with Crippen molar-refractivity contribution in [1.82, 2.24) is 19.7 Å². The topological polar surface area (TPSA) is 60.2 Å². The fourth-order valence-corrected chi connectivity index (χ4v) is 4.43. The van der Waals surface area contributed by atoms with Crippen molar-refractivity contribution < 1.29 is 9.53 Å². The SMILES string of the molecule is Cc1cc(C)c2c(OCC(=O)N(C3CCC(C)CC3)C3CC3)nn(C)c2n1. The Bertz CT molecular complexity index is 847. The lowest BCUT2D eigenvalue weighted by molar-refractivity contribution is -0.137. The minimum absolute atomic E-state index is 0.0575. The minimum atomic E-state index is 0.0575. The van der Waals surface area contributed by atoms with Gasteiger partial charge >= 0.3 is 0 Å². The van der Waals surface area contributed by atoms with Gasteiger partial charge < -0.3 is 9.64 Å². The Balaban J connectivity index is 1.49. The zero-order valence-corrected chi connectivity index (χ0v) is 16.9. The van der Waals surface area contributed by atoms with Gasteiger partial charge in [-0.05, 0) is 69.9 Å². The molecular formula is C21H30N4O2. The third-order valence-electron chi connectivity index (χ3n) is 6.03. The molecule has 0 aliphatic heterocycles. The van der Waals surface area contributed by atoms with Crippen molar-refractivity contribution in [3.8, 4) is 5.88 Å². The number of aryl methyl sites for hydroxylation is 3. The van der Waals surface area contributed by atoms with Crippen molar-refractivity contribution >= 4 is 16.9 Å². The normalized spacial score (nSPS) is 22.8. The molecule has 6 nitrogen and oxygen atoms in total. The monoisotopic (exact) mass is 370 g/mol. The highest BCUT2D eigenvalue weighted by atomic mass is 16.5. The number of aromatic nitrogens is 3. The van der Waals surface area contributed by atoms with E-state index in [2.05, 4.69) is 21.9 Å². The molecule has 146 valence electrons. The second kappa shape index (κ2) is 7.13. The van der Waals surface area contributed by atoms with Crippen molar-refractivity contribution in [2.24, 2.45) is 13.0 Å². The van der Waals surface area contributed by atoms with Crippen LogP contribution in [0.2, 0.25) is 0 Å². The first kappa shape index (κ1) is 18.3. The highest BCUT2D eigenvalue weighted by Crippen LogP contribution is 2.35. The number of carbonyl (C=O) groups excluding carboxylic acids is 1. The molecule has 0 unspecified atom stereocenters. The van der Waals surface area contributed by atoms with E-state index in [0.29, 0.717) is 18.0 Å². The van der Waals surface area contributed by atoms with E-state index in [-0.39, 0.29) is 12.5 Å². The Morgan fingerprint density at radius 3 is 2.44 bits per heavy atom. The van der Waals surface area contributed by atoms with Gasteiger partial charge in [0.15, 0.2) is 12.3 Å². The quantitative estimate of drug-likeness (QED) is 0.808. The summed E-state index contributed by atoms with van der Waals surface area (Å²) in [6.07, 6.45) is 6.95. The van der Waals surface area contributed by atoms with Gasteiger partial charge in [0.1, 0.15) is 0 Å². The Kier molecular flexibility index (Phi) is 4.82. The van der Waals surface area contributed by atoms with Gasteiger partial charge in [0.05, 0.1) is 5.39 Å². The number of pyridine rings is 1. The Hall–Kier alpha value is -2.11. The molecule has 0 atom stereocenters. The number of hydrogen-bond acceptors (Lipinski definition) is 4. The first-order valence-corrected chi connectivity index (χ1v) is 10.2. The molecule has 2 aliphatic rings. The van der Waals surface area contributed by atoms with Gasteiger partial charge in [-0.15, -0.1) is 5.10 Å². The van der Waals surface area contributed by atoms with Crippen molar-refractivity contribution in [1.29, 1.82) is 0 Å². The van der Waals surface area contributed by atoms with E-state index in [4.69, 9.17) is 4.74 Å². The van der Waals surface area contributed by atoms with Crippen molar-refractivity contribution in [3.05, 3.63) is 17.3 Å². The van der Waals surface area contributed by atoms with Crippen molar-refractivity contribution in [2.75, 3.05) is 6.61 Å². The maximum Gasteiger partial charge on any atom is 0.261 e. The third-order valence-corrected chi connectivity index (χ3v) is 6.03. The van der Waals surface area contributed by atoms with Crippen LogP contribution in [-0.4, -0.2) is 44.3 Å². The van der Waals surface area contributed by atoms with E-state index in [1.54, 1.807) is 4.68 Å². The average molecular weight is 370 g/mol. The van der Waals surface area contributed by atoms with E-state index < -0.39 is 0 Å². The van der Waals surface area contributed by atoms with Crippen LogP contribution >= 0.6 is 0 Å². The molecule has 0 spiro atoms. The van der Waals surface area contributed by atoms with Gasteiger partial charge in [-0.25, -0.2) is 9.67 Å². The summed E-state index contributed by atoms with van der Waals surface area (Å²) in [4.78, 5) is 19.7. The third kappa shape index (κ3) is 3.66. The molecule has 2 aliphatic carbocycles. The van der Waals surface area contributed by atoms with Gasteiger partial charge in [0.2, 0.25) is 5.88 Å². The van der Waals surface area contributed by atoms with Crippen LogP contribution in [0.15, 0.2) is 6.07 Å². The predicted molar refractivity (Wildman–Crippen MR) is 105 cm³/mol. The smallest absolute Gasteiger partial charge is 0.261 e. The van der Waals surface area contributed by atoms with E-state index in [1.165, 1.54) is 12.8 Å². The van der Waals surface area contributed by atoms with Crippen molar-refractivity contribution in [2.45, 2.75) is 71.4 Å². The number of hydrogen-bond donors (Lipinski definition) is 0. The number of amides is 1. The summed E-state index contributed by atoms with van der Waals surface area (Å²) >= 11 is 0. The van der Waals surface area contributed by atoms with E-state index >= 15 is 0 Å². The molecule has 2 aromatic heterocycles.